The molecule has 0 bridgehead atoms. The van der Waals surface area contributed by atoms with Crippen LogP contribution in [0.3, 0.4) is 0 Å². The van der Waals surface area contributed by atoms with Crippen LogP contribution in [0.2, 0.25) is 0 Å². The van der Waals surface area contributed by atoms with E-state index in [1.807, 2.05) is 35.7 Å². The van der Waals surface area contributed by atoms with E-state index in [9.17, 15) is 5.11 Å². The van der Waals surface area contributed by atoms with Crippen LogP contribution in [0.1, 0.15) is 30.4 Å². The second kappa shape index (κ2) is 9.28. The van der Waals surface area contributed by atoms with Crippen molar-refractivity contribution in [2.24, 2.45) is 5.73 Å². The van der Waals surface area contributed by atoms with Crippen LogP contribution >= 0.6 is 11.3 Å². The van der Waals surface area contributed by atoms with Gasteiger partial charge < -0.3 is 16.2 Å². The van der Waals surface area contributed by atoms with E-state index in [-0.39, 0.29) is 6.04 Å². The lowest BCUT2D eigenvalue weighted by atomic mass is 9.81. The molecule has 4 aromatic rings. The number of benzene rings is 1. The Labute approximate surface area is 196 Å². The maximum absolute atomic E-state index is 10.4. The monoisotopic (exact) mass is 455 g/mol. The SMILES string of the molecule is N[C@H](CNc1nc(-c2ccncc2)nc2c(C#CC3(O)CCC3)csc12)Cc1ccccc1. The van der Waals surface area contributed by atoms with Gasteiger partial charge in [-0.25, -0.2) is 9.97 Å². The second-order valence-corrected chi connectivity index (χ2v) is 9.30. The van der Waals surface area contributed by atoms with Crippen LogP contribution in [0, 0.1) is 11.8 Å². The lowest BCUT2D eigenvalue weighted by Gasteiger charge is -2.30. The number of anilines is 1. The zero-order chi connectivity index (χ0) is 22.7. The van der Waals surface area contributed by atoms with E-state index in [2.05, 4.69) is 34.3 Å². The van der Waals surface area contributed by atoms with Crippen molar-refractivity contribution in [1.29, 1.82) is 0 Å². The number of fused-ring (bicyclic) bond motifs is 1. The van der Waals surface area contributed by atoms with Crippen molar-refractivity contribution in [3.8, 4) is 23.2 Å². The topological polar surface area (TPSA) is 97.0 Å². The fourth-order valence-corrected chi connectivity index (χ4v) is 4.70. The molecule has 33 heavy (non-hydrogen) atoms. The fraction of sp³-hybridized carbons (Fsp3) is 0.269. The minimum Gasteiger partial charge on any atom is -0.378 e. The number of aliphatic hydroxyl groups is 1. The van der Waals surface area contributed by atoms with Crippen molar-refractivity contribution in [2.75, 3.05) is 11.9 Å². The summed E-state index contributed by atoms with van der Waals surface area (Å²) in [4.78, 5) is 13.7. The van der Waals surface area contributed by atoms with Crippen LogP contribution in [-0.2, 0) is 6.42 Å². The Morgan fingerprint density at radius 3 is 2.64 bits per heavy atom. The molecule has 1 aromatic carbocycles. The number of hydrogen-bond donors (Lipinski definition) is 3. The molecule has 166 valence electrons. The molecule has 1 aliphatic rings. The molecular formula is C26H25N5OS. The molecule has 0 aliphatic heterocycles. The minimum atomic E-state index is -0.861. The highest BCUT2D eigenvalue weighted by Gasteiger charge is 2.32. The number of pyridine rings is 1. The lowest BCUT2D eigenvalue weighted by molar-refractivity contribution is 0.0240. The molecule has 1 saturated carbocycles. The van der Waals surface area contributed by atoms with Crippen molar-refractivity contribution in [1.82, 2.24) is 15.0 Å². The second-order valence-electron chi connectivity index (χ2n) is 8.42. The highest BCUT2D eigenvalue weighted by atomic mass is 32.1. The van der Waals surface area contributed by atoms with Gasteiger partial charge in [-0.15, -0.1) is 11.3 Å². The van der Waals surface area contributed by atoms with Crippen molar-refractivity contribution in [3.63, 3.8) is 0 Å². The lowest BCUT2D eigenvalue weighted by Crippen LogP contribution is -2.34. The third-order valence-corrected chi connectivity index (χ3v) is 6.81. The van der Waals surface area contributed by atoms with E-state index >= 15 is 0 Å². The first-order valence-corrected chi connectivity index (χ1v) is 12.0. The van der Waals surface area contributed by atoms with Gasteiger partial charge in [-0.2, -0.15) is 0 Å². The molecule has 3 aromatic heterocycles. The molecule has 0 saturated heterocycles. The first-order chi connectivity index (χ1) is 16.1. The van der Waals surface area contributed by atoms with E-state index < -0.39 is 5.60 Å². The van der Waals surface area contributed by atoms with Gasteiger partial charge >= 0.3 is 0 Å². The van der Waals surface area contributed by atoms with Gasteiger partial charge in [-0.1, -0.05) is 42.2 Å². The Morgan fingerprint density at radius 1 is 1.12 bits per heavy atom. The average molecular weight is 456 g/mol. The zero-order valence-corrected chi connectivity index (χ0v) is 19.0. The molecule has 7 heteroatoms. The Bertz CT molecular complexity index is 1310. The van der Waals surface area contributed by atoms with Gasteiger partial charge in [0.25, 0.3) is 0 Å². The van der Waals surface area contributed by atoms with Crippen LogP contribution in [0.5, 0.6) is 0 Å². The van der Waals surface area contributed by atoms with Gasteiger partial charge in [0.1, 0.15) is 16.9 Å². The summed E-state index contributed by atoms with van der Waals surface area (Å²) < 4.78 is 0.935. The number of nitrogens with one attached hydrogen (secondary N) is 1. The Hall–Kier alpha value is -3.31. The quantitative estimate of drug-likeness (QED) is 0.380. The molecule has 4 N–H and O–H groups in total. The van der Waals surface area contributed by atoms with Crippen molar-refractivity contribution in [2.45, 2.75) is 37.3 Å². The smallest absolute Gasteiger partial charge is 0.162 e. The number of thiophene rings is 1. The molecule has 1 fully saturated rings. The first-order valence-electron chi connectivity index (χ1n) is 11.1. The van der Waals surface area contributed by atoms with E-state index in [1.165, 1.54) is 5.56 Å². The van der Waals surface area contributed by atoms with Gasteiger partial charge in [-0.3, -0.25) is 4.98 Å². The molecule has 1 aliphatic carbocycles. The maximum Gasteiger partial charge on any atom is 0.162 e. The predicted molar refractivity (Wildman–Crippen MR) is 133 cm³/mol. The Morgan fingerprint density at radius 2 is 1.91 bits per heavy atom. The normalized spacial score (nSPS) is 15.3. The minimum absolute atomic E-state index is 0.0612. The molecular weight excluding hydrogens is 430 g/mol. The first kappa shape index (κ1) is 21.5. The largest absolute Gasteiger partial charge is 0.378 e. The Balaban J connectivity index is 1.46. The van der Waals surface area contributed by atoms with E-state index in [4.69, 9.17) is 15.7 Å². The summed E-state index contributed by atoms with van der Waals surface area (Å²) in [5.41, 5.74) is 9.23. The van der Waals surface area contributed by atoms with E-state index in [1.54, 1.807) is 23.7 Å². The van der Waals surface area contributed by atoms with Gasteiger partial charge in [0.2, 0.25) is 0 Å². The average Bonchev–Trinajstić information content (AvgIpc) is 3.24. The summed E-state index contributed by atoms with van der Waals surface area (Å²) in [6.45, 7) is 0.579. The van der Waals surface area contributed by atoms with Crippen LogP contribution in [-0.4, -0.2) is 38.2 Å². The van der Waals surface area contributed by atoms with Gasteiger partial charge in [-0.05, 0) is 43.4 Å². The van der Waals surface area contributed by atoms with Crippen LogP contribution in [0.25, 0.3) is 21.6 Å². The summed E-state index contributed by atoms with van der Waals surface area (Å²) in [5, 5.41) is 15.8. The third-order valence-electron chi connectivity index (χ3n) is 5.84. The predicted octanol–water partition coefficient (Wildman–Crippen LogP) is 4.00. The molecule has 1 atom stereocenters. The molecule has 3 heterocycles. The van der Waals surface area contributed by atoms with Gasteiger partial charge in [0.15, 0.2) is 5.82 Å². The number of nitrogens with two attached hydrogens (primary N) is 1. The fourth-order valence-electron chi connectivity index (χ4n) is 3.79. The van der Waals surface area contributed by atoms with E-state index in [0.717, 1.165) is 52.8 Å². The summed E-state index contributed by atoms with van der Waals surface area (Å²) >= 11 is 1.55. The number of hydrogen-bond acceptors (Lipinski definition) is 7. The summed E-state index contributed by atoms with van der Waals surface area (Å²) in [7, 11) is 0. The summed E-state index contributed by atoms with van der Waals surface area (Å²) in [5.74, 6) is 7.57. The van der Waals surface area contributed by atoms with Gasteiger partial charge in [0.05, 0.1) is 10.3 Å². The van der Waals surface area contributed by atoms with Crippen molar-refractivity contribution >= 4 is 27.4 Å². The third kappa shape index (κ3) is 4.88. The molecule has 0 amide bonds. The molecule has 0 radical (unpaired) electrons. The molecule has 0 spiro atoms. The molecule has 0 unspecified atom stereocenters. The van der Waals surface area contributed by atoms with Crippen LogP contribution in [0.15, 0.2) is 60.2 Å². The molecule has 6 nitrogen and oxygen atoms in total. The highest BCUT2D eigenvalue weighted by Crippen LogP contribution is 2.33. The van der Waals surface area contributed by atoms with Crippen LogP contribution < -0.4 is 11.1 Å². The highest BCUT2D eigenvalue weighted by molar-refractivity contribution is 7.18. The Kier molecular flexibility index (Phi) is 6.05. The van der Waals surface area contributed by atoms with Gasteiger partial charge in [0, 0.05) is 35.9 Å². The van der Waals surface area contributed by atoms with E-state index in [0.29, 0.717) is 12.4 Å². The van der Waals surface area contributed by atoms with Crippen molar-refractivity contribution < 1.29 is 5.11 Å². The van der Waals surface area contributed by atoms with Crippen LogP contribution in [0.4, 0.5) is 5.82 Å². The maximum atomic E-state index is 10.4. The number of aromatic nitrogens is 3. The summed E-state index contributed by atoms with van der Waals surface area (Å²) in [6.07, 6.45) is 6.70. The summed E-state index contributed by atoms with van der Waals surface area (Å²) in [6, 6.07) is 14.0. The number of nitrogens with zero attached hydrogens (tertiary/aromatic N) is 3. The molecule has 5 rings (SSSR count). The van der Waals surface area contributed by atoms with Crippen molar-refractivity contribution in [3.05, 3.63) is 71.4 Å². The standard InChI is InChI=1S/C26H25N5OS/c27-21(15-18-5-2-1-3-6-18)16-29-25-23-22(30-24(31-25)19-8-13-28-14-9-19)20(17-33-23)7-12-26(32)10-4-11-26/h1-3,5-6,8-9,13-14,17,21,32H,4,10-11,15-16,27H2,(H,29,30,31)/t21-/m0/s1. The number of rotatable bonds is 6. The zero-order valence-electron chi connectivity index (χ0n) is 18.2.